The molecule has 3 heterocycles. The van der Waals surface area contributed by atoms with Gasteiger partial charge in [-0.3, -0.25) is 0 Å². The molecule has 0 spiro atoms. The van der Waals surface area contributed by atoms with Gasteiger partial charge in [-0.1, -0.05) is 6.07 Å². The summed E-state index contributed by atoms with van der Waals surface area (Å²) in [5.41, 5.74) is 1.04. The third kappa shape index (κ3) is 3.38. The van der Waals surface area contributed by atoms with Gasteiger partial charge in [0.2, 0.25) is 5.88 Å². The molecule has 0 aromatic carbocycles. The van der Waals surface area contributed by atoms with Crippen molar-refractivity contribution >= 4 is 5.82 Å². The summed E-state index contributed by atoms with van der Waals surface area (Å²) in [5.74, 6) is 2.08. The summed E-state index contributed by atoms with van der Waals surface area (Å²) in [6.07, 6.45) is 6.84. The van der Waals surface area contributed by atoms with Gasteiger partial charge < -0.3 is 10.1 Å². The van der Waals surface area contributed by atoms with E-state index in [0.29, 0.717) is 24.8 Å². The van der Waals surface area contributed by atoms with Crippen molar-refractivity contribution in [2.45, 2.75) is 13.5 Å². The zero-order valence-electron chi connectivity index (χ0n) is 12.2. The zero-order chi connectivity index (χ0) is 15.2. The van der Waals surface area contributed by atoms with E-state index in [1.54, 1.807) is 17.1 Å². The van der Waals surface area contributed by atoms with Gasteiger partial charge in [-0.25, -0.2) is 19.6 Å². The second kappa shape index (κ2) is 6.66. The second-order valence-electron chi connectivity index (χ2n) is 4.50. The highest BCUT2D eigenvalue weighted by molar-refractivity contribution is 5.40. The van der Waals surface area contributed by atoms with E-state index in [4.69, 9.17) is 4.74 Å². The van der Waals surface area contributed by atoms with E-state index < -0.39 is 0 Å². The van der Waals surface area contributed by atoms with Crippen molar-refractivity contribution in [3.63, 3.8) is 0 Å². The van der Waals surface area contributed by atoms with Crippen molar-refractivity contribution in [3.05, 3.63) is 54.7 Å². The van der Waals surface area contributed by atoms with Crippen molar-refractivity contribution in [2.24, 2.45) is 0 Å². The molecule has 0 fully saturated rings. The first-order chi connectivity index (χ1) is 10.8. The SMILES string of the molecule is CCOc1ccc(CNc2cc(-n3cccn3)ncn2)cn1. The number of nitrogens with one attached hydrogen (secondary N) is 1. The Morgan fingerprint density at radius 1 is 1.23 bits per heavy atom. The monoisotopic (exact) mass is 296 g/mol. The van der Waals surface area contributed by atoms with Crippen LogP contribution in [0.5, 0.6) is 5.88 Å². The number of ether oxygens (including phenoxy) is 1. The molecule has 0 aliphatic rings. The van der Waals surface area contributed by atoms with E-state index in [1.165, 1.54) is 6.33 Å². The lowest BCUT2D eigenvalue weighted by atomic mass is 10.3. The molecule has 0 bridgehead atoms. The van der Waals surface area contributed by atoms with Crippen LogP contribution in [0.25, 0.3) is 5.82 Å². The maximum Gasteiger partial charge on any atom is 0.213 e. The summed E-state index contributed by atoms with van der Waals surface area (Å²) < 4.78 is 7.00. The molecule has 22 heavy (non-hydrogen) atoms. The van der Waals surface area contributed by atoms with Gasteiger partial charge in [-0.15, -0.1) is 0 Å². The molecule has 7 heteroatoms. The van der Waals surface area contributed by atoms with Gasteiger partial charge in [0, 0.05) is 37.3 Å². The molecular weight excluding hydrogens is 280 g/mol. The maximum atomic E-state index is 5.32. The van der Waals surface area contributed by atoms with E-state index in [9.17, 15) is 0 Å². The summed E-state index contributed by atoms with van der Waals surface area (Å²) in [4.78, 5) is 12.6. The van der Waals surface area contributed by atoms with Gasteiger partial charge in [0.1, 0.15) is 12.1 Å². The molecule has 0 aliphatic carbocycles. The topological polar surface area (TPSA) is 77.8 Å². The van der Waals surface area contributed by atoms with Crippen LogP contribution in [0.4, 0.5) is 5.82 Å². The highest BCUT2D eigenvalue weighted by atomic mass is 16.5. The van der Waals surface area contributed by atoms with Crippen molar-refractivity contribution in [1.82, 2.24) is 24.7 Å². The second-order valence-corrected chi connectivity index (χ2v) is 4.50. The van der Waals surface area contributed by atoms with E-state index in [2.05, 4.69) is 25.4 Å². The predicted octanol–water partition coefficient (Wildman–Crippen LogP) is 2.07. The van der Waals surface area contributed by atoms with Crippen LogP contribution in [0.2, 0.25) is 0 Å². The molecule has 0 atom stereocenters. The van der Waals surface area contributed by atoms with Gasteiger partial charge >= 0.3 is 0 Å². The Hall–Kier alpha value is -2.96. The molecule has 1 N–H and O–H groups in total. The third-order valence-electron chi connectivity index (χ3n) is 2.96. The summed E-state index contributed by atoms with van der Waals surface area (Å²) in [7, 11) is 0. The quantitative estimate of drug-likeness (QED) is 0.750. The predicted molar refractivity (Wildman–Crippen MR) is 81.9 cm³/mol. The molecule has 0 saturated heterocycles. The van der Waals surface area contributed by atoms with Crippen LogP contribution in [-0.2, 0) is 6.54 Å². The standard InChI is InChI=1S/C15H16N6O/c1-2-22-15-5-4-12(10-17-15)9-16-13-8-14(19-11-18-13)21-7-3-6-20-21/h3-8,10-11H,2,9H2,1H3,(H,16,18,19). The fraction of sp³-hybridized carbons (Fsp3) is 0.200. The van der Waals surface area contributed by atoms with E-state index in [0.717, 1.165) is 11.4 Å². The number of aromatic nitrogens is 5. The van der Waals surface area contributed by atoms with Gasteiger partial charge in [0.25, 0.3) is 0 Å². The number of hydrogen-bond donors (Lipinski definition) is 1. The van der Waals surface area contributed by atoms with Gasteiger partial charge in [-0.2, -0.15) is 5.10 Å². The molecule has 112 valence electrons. The lowest BCUT2D eigenvalue weighted by molar-refractivity contribution is 0.326. The van der Waals surface area contributed by atoms with E-state index >= 15 is 0 Å². The Balaban J connectivity index is 1.65. The highest BCUT2D eigenvalue weighted by Crippen LogP contribution is 2.11. The lowest BCUT2D eigenvalue weighted by Crippen LogP contribution is -2.05. The van der Waals surface area contributed by atoms with Gasteiger partial charge in [0.05, 0.1) is 6.61 Å². The van der Waals surface area contributed by atoms with Crippen molar-refractivity contribution < 1.29 is 4.74 Å². The third-order valence-corrected chi connectivity index (χ3v) is 2.96. The molecule has 0 unspecified atom stereocenters. The highest BCUT2D eigenvalue weighted by Gasteiger charge is 2.02. The average Bonchev–Trinajstić information content (AvgIpc) is 3.09. The summed E-state index contributed by atoms with van der Waals surface area (Å²) >= 11 is 0. The van der Waals surface area contributed by atoms with Crippen molar-refractivity contribution in [1.29, 1.82) is 0 Å². The Morgan fingerprint density at radius 2 is 2.18 bits per heavy atom. The van der Waals surface area contributed by atoms with E-state index in [1.807, 2.05) is 37.4 Å². The summed E-state index contributed by atoms with van der Waals surface area (Å²) in [5, 5.41) is 7.39. The molecule has 3 rings (SSSR count). The van der Waals surface area contributed by atoms with Crippen LogP contribution >= 0.6 is 0 Å². The minimum atomic E-state index is 0.613. The Morgan fingerprint density at radius 3 is 2.91 bits per heavy atom. The first kappa shape index (κ1) is 14.0. The van der Waals surface area contributed by atoms with Gasteiger partial charge in [-0.05, 0) is 18.6 Å². The lowest BCUT2D eigenvalue weighted by Gasteiger charge is -2.07. The summed E-state index contributed by atoms with van der Waals surface area (Å²) in [6, 6.07) is 7.52. The van der Waals surface area contributed by atoms with Crippen molar-refractivity contribution in [2.75, 3.05) is 11.9 Å². The molecular formula is C15H16N6O. The van der Waals surface area contributed by atoms with Crippen LogP contribution < -0.4 is 10.1 Å². The smallest absolute Gasteiger partial charge is 0.213 e. The van der Waals surface area contributed by atoms with Crippen LogP contribution in [-0.4, -0.2) is 31.3 Å². The summed E-state index contributed by atoms with van der Waals surface area (Å²) in [6.45, 7) is 3.17. The van der Waals surface area contributed by atoms with Crippen LogP contribution in [0, 0.1) is 0 Å². The maximum absolute atomic E-state index is 5.32. The van der Waals surface area contributed by atoms with Gasteiger partial charge in [0.15, 0.2) is 5.82 Å². The molecule has 7 nitrogen and oxygen atoms in total. The first-order valence-corrected chi connectivity index (χ1v) is 6.99. The number of pyridine rings is 1. The molecule has 0 saturated carbocycles. The first-order valence-electron chi connectivity index (χ1n) is 6.99. The molecule has 3 aromatic rings. The largest absolute Gasteiger partial charge is 0.478 e. The number of anilines is 1. The Bertz CT molecular complexity index is 711. The Labute approximate surface area is 128 Å². The Kier molecular flexibility index (Phi) is 4.24. The number of rotatable bonds is 6. The average molecular weight is 296 g/mol. The van der Waals surface area contributed by atoms with E-state index in [-0.39, 0.29) is 0 Å². The zero-order valence-corrected chi connectivity index (χ0v) is 12.2. The fourth-order valence-corrected chi connectivity index (χ4v) is 1.91. The van der Waals surface area contributed by atoms with Crippen molar-refractivity contribution in [3.8, 4) is 11.7 Å². The number of nitrogens with zero attached hydrogens (tertiary/aromatic N) is 5. The van der Waals surface area contributed by atoms with Crippen LogP contribution in [0.15, 0.2) is 49.2 Å². The molecule has 0 amide bonds. The number of hydrogen-bond acceptors (Lipinski definition) is 6. The molecule has 0 aliphatic heterocycles. The minimum absolute atomic E-state index is 0.613. The molecule has 3 aromatic heterocycles. The molecule has 0 radical (unpaired) electrons. The van der Waals surface area contributed by atoms with Crippen LogP contribution in [0.3, 0.4) is 0 Å². The fourth-order valence-electron chi connectivity index (χ4n) is 1.91. The normalized spacial score (nSPS) is 10.4. The minimum Gasteiger partial charge on any atom is -0.478 e. The van der Waals surface area contributed by atoms with Crippen LogP contribution in [0.1, 0.15) is 12.5 Å².